The van der Waals surface area contributed by atoms with Crippen LogP contribution in [0.4, 0.5) is 13.2 Å². The summed E-state index contributed by atoms with van der Waals surface area (Å²) in [4.78, 5) is 14.4. The molecular weight excluding hydrogens is 595 g/mol. The van der Waals surface area contributed by atoms with Crippen LogP contribution < -0.4 is 10.1 Å². The van der Waals surface area contributed by atoms with Gasteiger partial charge in [-0.1, -0.05) is 18.6 Å². The van der Waals surface area contributed by atoms with E-state index in [-0.39, 0.29) is 39.7 Å². The van der Waals surface area contributed by atoms with Gasteiger partial charge in [-0.2, -0.15) is 18.3 Å². The number of aromatic hydroxyl groups is 2. The number of benzene rings is 4. The number of phenolic OH excluding ortho intramolecular Hbond substituents is 2. The number of alkyl halides is 3. The summed E-state index contributed by atoms with van der Waals surface area (Å²) >= 11 is 0. The van der Waals surface area contributed by atoms with Gasteiger partial charge in [0, 0.05) is 22.7 Å². The Hall–Kier alpha value is -5.09. The highest BCUT2D eigenvalue weighted by Gasteiger charge is 2.36. The quantitative estimate of drug-likeness (QED) is 0.145. The predicted octanol–water partition coefficient (Wildman–Crippen LogP) is 7.78. The highest BCUT2D eigenvalue weighted by atomic mass is 19.4. The molecule has 1 fully saturated rings. The van der Waals surface area contributed by atoms with Gasteiger partial charge in [-0.25, -0.2) is 4.68 Å². The molecule has 5 aromatic rings. The molecule has 3 N–H and O–H groups in total. The lowest BCUT2D eigenvalue weighted by Gasteiger charge is -2.23. The number of hydrogen-bond donors (Lipinski definition) is 3. The first-order valence-electron chi connectivity index (χ1n) is 15.1. The van der Waals surface area contributed by atoms with Crippen LogP contribution in [-0.2, 0) is 6.18 Å². The second kappa shape index (κ2) is 13.1. The maximum atomic E-state index is 14.4. The van der Waals surface area contributed by atoms with Gasteiger partial charge in [0.25, 0.3) is 0 Å². The van der Waals surface area contributed by atoms with Gasteiger partial charge in [-0.15, -0.1) is 0 Å². The lowest BCUT2D eigenvalue weighted by Crippen LogP contribution is -2.35. The molecule has 1 aliphatic heterocycles. The zero-order chi connectivity index (χ0) is 32.3. The molecule has 1 aliphatic rings. The third-order valence-electron chi connectivity index (χ3n) is 8.10. The summed E-state index contributed by atoms with van der Waals surface area (Å²) in [5, 5.41) is 28.0. The maximum absolute atomic E-state index is 14.4. The zero-order valence-corrected chi connectivity index (χ0v) is 24.8. The number of phenols is 2. The summed E-state index contributed by atoms with van der Waals surface area (Å²) in [6.45, 7) is 1.53. The van der Waals surface area contributed by atoms with E-state index in [0.717, 1.165) is 30.1 Å². The third-order valence-corrected chi connectivity index (χ3v) is 8.10. The molecule has 0 saturated carbocycles. The van der Waals surface area contributed by atoms with Crippen molar-refractivity contribution in [3.8, 4) is 45.5 Å². The van der Waals surface area contributed by atoms with Crippen molar-refractivity contribution in [2.75, 3.05) is 13.2 Å². The molecule has 1 saturated heterocycles. The Balaban J connectivity index is 1.46. The van der Waals surface area contributed by atoms with Crippen LogP contribution in [0.2, 0.25) is 0 Å². The van der Waals surface area contributed by atoms with Crippen LogP contribution in [0, 0.1) is 0 Å². The summed E-state index contributed by atoms with van der Waals surface area (Å²) in [7, 11) is 0. The van der Waals surface area contributed by atoms with E-state index >= 15 is 0 Å². The second-order valence-corrected chi connectivity index (χ2v) is 11.2. The van der Waals surface area contributed by atoms with Crippen LogP contribution in [0.3, 0.4) is 0 Å². The van der Waals surface area contributed by atoms with Gasteiger partial charge in [0.2, 0.25) is 0 Å². The largest absolute Gasteiger partial charge is 0.508 e. The molecule has 7 nitrogen and oxygen atoms in total. The number of para-hydroxylation sites is 1. The van der Waals surface area contributed by atoms with E-state index in [9.17, 15) is 28.2 Å². The van der Waals surface area contributed by atoms with E-state index in [1.165, 1.54) is 67.4 Å². The number of nitrogens with one attached hydrogen (secondary N) is 1. The van der Waals surface area contributed by atoms with Crippen LogP contribution in [0.15, 0.2) is 97.1 Å². The number of carbonyl (C=O) groups excluding carboxylic acids is 1. The number of hydrogen-bond acceptors (Lipinski definition) is 6. The molecular formula is C36H32F3N3O4. The van der Waals surface area contributed by atoms with Gasteiger partial charge in [-0.3, -0.25) is 4.79 Å². The van der Waals surface area contributed by atoms with Crippen LogP contribution in [0.25, 0.3) is 28.2 Å². The van der Waals surface area contributed by atoms with Crippen LogP contribution in [0.1, 0.15) is 47.2 Å². The topological polar surface area (TPSA) is 96.6 Å². The average molecular weight is 628 g/mol. The average Bonchev–Trinajstić information content (AvgIpc) is 3.46. The van der Waals surface area contributed by atoms with Crippen molar-refractivity contribution >= 4 is 5.78 Å². The molecule has 1 aromatic heterocycles. The number of aromatic nitrogens is 2. The summed E-state index contributed by atoms with van der Waals surface area (Å²) in [5.74, 6) is 0.0543. The summed E-state index contributed by atoms with van der Waals surface area (Å²) in [5.41, 5.74) is 0.172. The summed E-state index contributed by atoms with van der Waals surface area (Å²) < 4.78 is 49.9. The first kappa shape index (κ1) is 30.9. The molecule has 0 bridgehead atoms. The Morgan fingerprint density at radius 1 is 0.870 bits per heavy atom. The molecule has 236 valence electrons. The Morgan fingerprint density at radius 2 is 1.52 bits per heavy atom. The number of halogens is 3. The molecule has 1 atom stereocenters. The second-order valence-electron chi connectivity index (χ2n) is 11.2. The molecule has 6 rings (SSSR count). The predicted molar refractivity (Wildman–Crippen MR) is 168 cm³/mol. The van der Waals surface area contributed by atoms with E-state index in [4.69, 9.17) is 4.74 Å². The molecule has 0 aliphatic carbocycles. The highest BCUT2D eigenvalue weighted by Crippen LogP contribution is 2.40. The first-order chi connectivity index (χ1) is 22.2. The van der Waals surface area contributed by atoms with Gasteiger partial charge in [-0.05, 0) is 111 Å². The van der Waals surface area contributed by atoms with Gasteiger partial charge in [0.1, 0.15) is 22.9 Å². The molecule has 2 heterocycles. The first-order valence-corrected chi connectivity index (χ1v) is 15.1. The van der Waals surface area contributed by atoms with E-state index in [0.29, 0.717) is 29.5 Å². The van der Waals surface area contributed by atoms with Crippen molar-refractivity contribution in [2.24, 2.45) is 0 Å². The molecule has 1 unspecified atom stereocenters. The number of ether oxygens (including phenoxy) is 1. The van der Waals surface area contributed by atoms with Gasteiger partial charge in [0.05, 0.1) is 29.1 Å². The smallest absolute Gasteiger partial charge is 0.418 e. The highest BCUT2D eigenvalue weighted by molar-refractivity contribution is 6.16. The molecule has 0 radical (unpaired) electrons. The Labute approximate surface area is 263 Å². The van der Waals surface area contributed by atoms with Crippen molar-refractivity contribution < 1.29 is 32.9 Å². The Bertz CT molecular complexity index is 1810. The monoisotopic (exact) mass is 627 g/mol. The van der Waals surface area contributed by atoms with E-state index in [2.05, 4.69) is 10.4 Å². The zero-order valence-electron chi connectivity index (χ0n) is 24.8. The van der Waals surface area contributed by atoms with E-state index in [1.54, 1.807) is 36.4 Å². The summed E-state index contributed by atoms with van der Waals surface area (Å²) in [6, 6.07) is 23.9. The van der Waals surface area contributed by atoms with Crippen LogP contribution >= 0.6 is 0 Å². The molecule has 0 spiro atoms. The van der Waals surface area contributed by atoms with Crippen LogP contribution in [-0.4, -0.2) is 45.0 Å². The Morgan fingerprint density at radius 3 is 2.15 bits per heavy atom. The van der Waals surface area contributed by atoms with Gasteiger partial charge < -0.3 is 20.3 Å². The fourth-order valence-corrected chi connectivity index (χ4v) is 5.75. The molecule has 4 aromatic carbocycles. The number of carbonyl (C=O) groups is 1. The van der Waals surface area contributed by atoms with Crippen molar-refractivity contribution in [3.05, 3.63) is 114 Å². The third kappa shape index (κ3) is 6.62. The standard InChI is InChI=1S/C36H32F3N3O4/c37-36(38,39)30-6-1-2-7-31(30)42-34(24-10-16-28(44)17-11-24)32(33(41-42)23-8-14-27(43)15-9-23)35(45)25-12-18-29(19-13-25)46-22-20-26-5-3-4-21-40-26/h1-2,6-19,26,40,43-44H,3-5,20-22H2. The number of ketones is 1. The van der Waals surface area contributed by atoms with E-state index < -0.39 is 17.5 Å². The van der Waals surface area contributed by atoms with Crippen molar-refractivity contribution in [2.45, 2.75) is 37.9 Å². The number of nitrogens with zero attached hydrogens (tertiary/aromatic N) is 2. The SMILES string of the molecule is O=C(c1ccc(OCCC2CCCCN2)cc1)c1c(-c2ccc(O)cc2)nn(-c2ccccc2C(F)(F)F)c1-c1ccc(O)cc1. The molecule has 10 heteroatoms. The normalized spacial score (nSPS) is 15.1. The minimum atomic E-state index is -4.71. The van der Waals surface area contributed by atoms with Crippen LogP contribution in [0.5, 0.6) is 17.2 Å². The van der Waals surface area contributed by atoms with Gasteiger partial charge >= 0.3 is 6.18 Å². The fraction of sp³-hybridized carbons (Fsp3) is 0.222. The lowest BCUT2D eigenvalue weighted by atomic mass is 9.94. The molecule has 46 heavy (non-hydrogen) atoms. The molecule has 0 amide bonds. The van der Waals surface area contributed by atoms with Crippen molar-refractivity contribution in [1.82, 2.24) is 15.1 Å². The van der Waals surface area contributed by atoms with Crippen molar-refractivity contribution in [3.63, 3.8) is 0 Å². The van der Waals surface area contributed by atoms with Gasteiger partial charge in [0.15, 0.2) is 5.78 Å². The lowest BCUT2D eigenvalue weighted by molar-refractivity contribution is -0.137. The summed E-state index contributed by atoms with van der Waals surface area (Å²) in [6.07, 6.45) is -0.342. The maximum Gasteiger partial charge on any atom is 0.418 e. The minimum Gasteiger partial charge on any atom is -0.508 e. The number of piperidine rings is 1. The minimum absolute atomic E-state index is 0.0212. The number of rotatable bonds is 9. The Kier molecular flexibility index (Phi) is 8.81. The fourth-order valence-electron chi connectivity index (χ4n) is 5.75. The van der Waals surface area contributed by atoms with Crippen molar-refractivity contribution in [1.29, 1.82) is 0 Å². The van der Waals surface area contributed by atoms with E-state index in [1.807, 2.05) is 0 Å².